The number of carbonyl (C=O) groups excluding carboxylic acids is 1. The van der Waals surface area contributed by atoms with E-state index in [0.29, 0.717) is 27.2 Å². The SMILES string of the molecule is C[C@@H]1C(=O)CC2(CCN(c3cnc(Sc4ccnc(Nc5ncc(Cl)c(OC[C@H](O)CO)n5)c4Cl)cn3)CC2)[C@H]1N.Cl. The molecule has 1 aliphatic heterocycles. The Balaban J connectivity index is 0.00000405. The number of nitrogens with two attached hydrogens (primary N) is 1. The van der Waals surface area contributed by atoms with Crippen LogP contribution < -0.4 is 20.7 Å². The van der Waals surface area contributed by atoms with Crippen LogP contribution in [0, 0.1) is 11.3 Å². The Morgan fingerprint density at radius 2 is 1.98 bits per heavy atom. The van der Waals surface area contributed by atoms with Crippen LogP contribution in [0.4, 0.5) is 17.6 Å². The molecule has 2 aliphatic rings. The second-order valence-corrected chi connectivity index (χ2v) is 12.1. The average molecular weight is 658 g/mol. The number of aromatic nitrogens is 5. The van der Waals surface area contributed by atoms with Crippen LogP contribution in [0.25, 0.3) is 0 Å². The molecular formula is C26H31Cl3N8O4S. The first kappa shape index (κ1) is 32.4. The van der Waals surface area contributed by atoms with Gasteiger partial charge in [-0.3, -0.25) is 4.79 Å². The highest BCUT2D eigenvalue weighted by Crippen LogP contribution is 2.46. The highest BCUT2D eigenvalue weighted by Gasteiger charge is 2.50. The normalized spacial score (nSPS) is 20.3. The average Bonchev–Trinajstić information content (AvgIpc) is 3.18. The third-order valence-corrected chi connectivity index (χ3v) is 9.35. The summed E-state index contributed by atoms with van der Waals surface area (Å²) in [5, 5.41) is 22.6. The lowest BCUT2D eigenvalue weighted by Gasteiger charge is -2.42. The van der Waals surface area contributed by atoms with Crippen LogP contribution in [-0.4, -0.2) is 79.4 Å². The van der Waals surface area contributed by atoms with Gasteiger partial charge in [0, 0.05) is 42.6 Å². The van der Waals surface area contributed by atoms with E-state index in [4.69, 9.17) is 38.8 Å². The van der Waals surface area contributed by atoms with E-state index >= 15 is 0 Å². The van der Waals surface area contributed by atoms with Crippen LogP contribution in [0.1, 0.15) is 26.2 Å². The molecule has 16 heteroatoms. The van der Waals surface area contributed by atoms with Gasteiger partial charge in [-0.15, -0.1) is 12.4 Å². The van der Waals surface area contributed by atoms with Crippen molar-refractivity contribution in [2.45, 2.75) is 48.3 Å². The molecule has 3 aromatic heterocycles. The molecule has 226 valence electrons. The number of Topliss-reactive ketones (excluding diaryl/α,β-unsaturated/α-hetero) is 1. The molecule has 0 unspecified atom stereocenters. The third-order valence-electron chi connectivity index (χ3n) is 7.61. The number of halogens is 3. The quantitative estimate of drug-likeness (QED) is 0.263. The van der Waals surface area contributed by atoms with Gasteiger partial charge in [0.1, 0.15) is 34.4 Å². The zero-order chi connectivity index (χ0) is 29.1. The van der Waals surface area contributed by atoms with Gasteiger partial charge in [0.25, 0.3) is 0 Å². The number of piperidine rings is 1. The van der Waals surface area contributed by atoms with E-state index in [-0.39, 0.29) is 59.0 Å². The Morgan fingerprint density at radius 3 is 2.62 bits per heavy atom. The number of hydrogen-bond donors (Lipinski definition) is 4. The lowest BCUT2D eigenvalue weighted by Crippen LogP contribution is -2.48. The van der Waals surface area contributed by atoms with E-state index in [0.717, 1.165) is 31.7 Å². The van der Waals surface area contributed by atoms with Crippen molar-refractivity contribution in [2.75, 3.05) is 36.5 Å². The molecule has 1 aliphatic carbocycles. The third kappa shape index (κ3) is 6.99. The fourth-order valence-electron chi connectivity index (χ4n) is 5.12. The van der Waals surface area contributed by atoms with Gasteiger partial charge in [-0.25, -0.2) is 19.9 Å². The molecule has 42 heavy (non-hydrogen) atoms. The maximum absolute atomic E-state index is 12.2. The van der Waals surface area contributed by atoms with Gasteiger partial charge in [0.15, 0.2) is 5.82 Å². The first-order chi connectivity index (χ1) is 19.7. The molecule has 0 bridgehead atoms. The molecule has 3 atom stereocenters. The smallest absolute Gasteiger partial charge is 0.237 e. The fourth-order valence-corrected chi connectivity index (χ4v) is 6.30. The number of pyridine rings is 1. The molecule has 0 radical (unpaired) electrons. The molecular weight excluding hydrogens is 627 g/mol. The summed E-state index contributed by atoms with van der Waals surface area (Å²) in [7, 11) is 0. The number of ether oxygens (including phenoxy) is 1. The van der Waals surface area contributed by atoms with Gasteiger partial charge in [-0.2, -0.15) is 4.98 Å². The van der Waals surface area contributed by atoms with Crippen molar-refractivity contribution in [1.82, 2.24) is 24.9 Å². The second-order valence-electron chi connectivity index (χ2n) is 10.2. The van der Waals surface area contributed by atoms with Crippen molar-refractivity contribution in [1.29, 1.82) is 0 Å². The molecule has 0 aromatic carbocycles. The van der Waals surface area contributed by atoms with E-state index in [9.17, 15) is 9.90 Å². The highest BCUT2D eigenvalue weighted by molar-refractivity contribution is 7.99. The van der Waals surface area contributed by atoms with Gasteiger partial charge in [0.05, 0.1) is 30.2 Å². The van der Waals surface area contributed by atoms with Crippen LogP contribution in [-0.2, 0) is 4.79 Å². The fraction of sp³-hybridized carbons (Fsp3) is 0.462. The number of nitrogens with zero attached hydrogens (tertiary/aromatic N) is 6. The van der Waals surface area contributed by atoms with Crippen molar-refractivity contribution < 1.29 is 19.7 Å². The van der Waals surface area contributed by atoms with Crippen LogP contribution in [0.15, 0.2) is 40.8 Å². The molecule has 4 heterocycles. The molecule has 2 fully saturated rings. The summed E-state index contributed by atoms with van der Waals surface area (Å²) < 4.78 is 5.36. The number of anilines is 3. The maximum atomic E-state index is 12.2. The largest absolute Gasteiger partial charge is 0.474 e. The molecule has 5 rings (SSSR count). The number of rotatable bonds is 9. The Kier molecular flexibility index (Phi) is 10.7. The Labute approximate surface area is 263 Å². The summed E-state index contributed by atoms with van der Waals surface area (Å²) in [6.07, 6.45) is 7.60. The molecule has 3 aromatic rings. The summed E-state index contributed by atoms with van der Waals surface area (Å²) in [6.45, 7) is 2.85. The summed E-state index contributed by atoms with van der Waals surface area (Å²) in [6, 6.07) is 1.68. The molecule has 5 N–H and O–H groups in total. The maximum Gasteiger partial charge on any atom is 0.237 e. The number of nitrogens with one attached hydrogen (secondary N) is 1. The predicted octanol–water partition coefficient (Wildman–Crippen LogP) is 3.54. The zero-order valence-corrected chi connectivity index (χ0v) is 25.8. The van der Waals surface area contributed by atoms with Crippen molar-refractivity contribution >= 4 is 70.7 Å². The summed E-state index contributed by atoms with van der Waals surface area (Å²) in [5.74, 6) is 1.45. The Bertz CT molecular complexity index is 1400. The standard InChI is InChI=1S/C26H30Cl2N8O4S.ClH/c1-14-17(39)8-26(22(14)29)3-6-36(7-4-26)19-10-32-20(11-31-19)41-18-2-5-30-23(21(18)28)34-25-33-9-16(27)24(35-25)40-13-15(38)12-37;/h2,5,9-11,14-15,22,37-38H,3-4,6-8,12-13,29H2,1H3,(H,30,33,34,35);1H/t14-,15-,22+;/m1./s1. The number of aliphatic hydroxyl groups is 2. The lowest BCUT2D eigenvalue weighted by molar-refractivity contribution is -0.120. The van der Waals surface area contributed by atoms with Crippen LogP contribution in [0.3, 0.4) is 0 Å². The van der Waals surface area contributed by atoms with E-state index in [2.05, 4.69) is 35.1 Å². The molecule has 12 nitrogen and oxygen atoms in total. The molecule has 0 amide bonds. The van der Waals surface area contributed by atoms with Gasteiger partial charge >= 0.3 is 0 Å². The summed E-state index contributed by atoms with van der Waals surface area (Å²) >= 11 is 14.0. The predicted molar refractivity (Wildman–Crippen MR) is 162 cm³/mol. The van der Waals surface area contributed by atoms with E-state index in [1.807, 2.05) is 6.92 Å². The number of hydrogen-bond acceptors (Lipinski definition) is 13. The minimum absolute atomic E-state index is 0. The van der Waals surface area contributed by atoms with Crippen molar-refractivity contribution in [3.63, 3.8) is 0 Å². The molecule has 1 saturated carbocycles. The zero-order valence-electron chi connectivity index (χ0n) is 22.6. The van der Waals surface area contributed by atoms with Crippen LogP contribution in [0.2, 0.25) is 10.0 Å². The van der Waals surface area contributed by atoms with Crippen LogP contribution >= 0.6 is 47.4 Å². The molecule has 1 saturated heterocycles. The minimum Gasteiger partial charge on any atom is -0.474 e. The van der Waals surface area contributed by atoms with Crippen LogP contribution in [0.5, 0.6) is 5.88 Å². The van der Waals surface area contributed by atoms with Crippen molar-refractivity contribution in [3.05, 3.63) is 40.9 Å². The lowest BCUT2D eigenvalue weighted by atomic mass is 9.73. The number of carbonyl (C=O) groups is 1. The van der Waals surface area contributed by atoms with E-state index in [1.165, 1.54) is 18.0 Å². The number of aliphatic hydroxyl groups excluding tert-OH is 2. The topological polar surface area (TPSA) is 173 Å². The Morgan fingerprint density at radius 1 is 1.21 bits per heavy atom. The van der Waals surface area contributed by atoms with Gasteiger partial charge in [-0.1, -0.05) is 41.9 Å². The first-order valence-electron chi connectivity index (χ1n) is 13.1. The van der Waals surface area contributed by atoms with Crippen molar-refractivity contribution in [2.24, 2.45) is 17.1 Å². The van der Waals surface area contributed by atoms with E-state index < -0.39 is 12.7 Å². The van der Waals surface area contributed by atoms with E-state index in [1.54, 1.807) is 24.7 Å². The number of ketones is 1. The van der Waals surface area contributed by atoms with Gasteiger partial charge in [0.2, 0.25) is 11.8 Å². The highest BCUT2D eigenvalue weighted by atomic mass is 35.5. The first-order valence-corrected chi connectivity index (χ1v) is 14.7. The summed E-state index contributed by atoms with van der Waals surface area (Å²) in [5.41, 5.74) is 6.33. The van der Waals surface area contributed by atoms with Gasteiger partial charge < -0.3 is 30.9 Å². The van der Waals surface area contributed by atoms with Crippen molar-refractivity contribution in [3.8, 4) is 5.88 Å². The van der Waals surface area contributed by atoms with Gasteiger partial charge in [-0.05, 0) is 24.3 Å². The summed E-state index contributed by atoms with van der Waals surface area (Å²) in [4.78, 5) is 36.9. The monoisotopic (exact) mass is 656 g/mol. The second kappa shape index (κ2) is 13.8. The molecule has 1 spiro atoms. The Hall–Kier alpha value is -2.52. The minimum atomic E-state index is -1.07.